The molecule has 4 rings (SSSR count). The molecule has 0 aliphatic carbocycles. The molecule has 2 aliphatic rings. The molecule has 140 valence electrons. The molecule has 0 N–H and O–H groups in total. The summed E-state index contributed by atoms with van der Waals surface area (Å²) in [5.41, 5.74) is 3.10. The zero-order valence-corrected chi connectivity index (χ0v) is 16.2. The number of carbonyl (C=O) groups excluding carboxylic acids is 2. The van der Waals surface area contributed by atoms with Crippen LogP contribution in [-0.4, -0.2) is 29.0 Å². The van der Waals surface area contributed by atoms with Gasteiger partial charge >= 0.3 is 0 Å². The number of halogens is 1. The Labute approximate surface area is 162 Å². The van der Waals surface area contributed by atoms with Gasteiger partial charge in [-0.05, 0) is 19.1 Å². The third-order valence-electron chi connectivity index (χ3n) is 5.24. The zero-order valence-electron chi connectivity index (χ0n) is 15.4. The fraction of sp³-hybridized carbons (Fsp3) is 0.333. The molecular formula is C21H21FN2O2S. The van der Waals surface area contributed by atoms with Gasteiger partial charge in [-0.25, -0.2) is 4.39 Å². The van der Waals surface area contributed by atoms with E-state index in [2.05, 4.69) is 0 Å². The van der Waals surface area contributed by atoms with Crippen molar-refractivity contribution in [3.05, 3.63) is 65.0 Å². The smallest absolute Gasteiger partial charge is 0.268 e. The van der Waals surface area contributed by atoms with Gasteiger partial charge in [0.25, 0.3) is 5.91 Å². The Morgan fingerprint density at radius 3 is 2.78 bits per heavy atom. The molecule has 0 unspecified atom stereocenters. The maximum Gasteiger partial charge on any atom is 0.268 e. The van der Waals surface area contributed by atoms with Crippen molar-refractivity contribution >= 4 is 29.3 Å². The number of rotatable bonds is 3. The van der Waals surface area contributed by atoms with Crippen LogP contribution in [0.1, 0.15) is 30.0 Å². The van der Waals surface area contributed by atoms with Crippen molar-refractivity contribution in [2.45, 2.75) is 31.7 Å². The van der Waals surface area contributed by atoms with E-state index in [1.54, 1.807) is 28.0 Å². The zero-order chi connectivity index (χ0) is 19.2. The third kappa shape index (κ3) is 2.65. The highest BCUT2D eigenvalue weighted by Gasteiger charge is 2.59. The first-order chi connectivity index (χ1) is 13.0. The number of benzene rings is 2. The van der Waals surface area contributed by atoms with Crippen molar-refractivity contribution in [3.63, 3.8) is 0 Å². The molecule has 2 aliphatic heterocycles. The van der Waals surface area contributed by atoms with Gasteiger partial charge < -0.3 is 9.80 Å². The predicted molar refractivity (Wildman–Crippen MR) is 105 cm³/mol. The highest BCUT2D eigenvalue weighted by Crippen LogP contribution is 2.54. The average molecular weight is 384 g/mol. The van der Waals surface area contributed by atoms with Gasteiger partial charge in [-0.15, -0.1) is 11.8 Å². The third-order valence-corrected chi connectivity index (χ3v) is 6.66. The molecule has 2 heterocycles. The summed E-state index contributed by atoms with van der Waals surface area (Å²) >= 11 is 1.50. The van der Waals surface area contributed by atoms with Gasteiger partial charge in [0.2, 0.25) is 5.91 Å². The standard InChI is InChI=1S/C21H21FN2O2S/c1-3-19(25)24-10-11-27-21(24)16-12-14(2)8-9-18(16)23(20(21)26)13-15-6-4-5-7-17(15)22/h4-9,12H,3,10-11,13H2,1-2H3/t21-/m1/s1. The Hall–Kier alpha value is -2.34. The van der Waals surface area contributed by atoms with Crippen LogP contribution in [-0.2, 0) is 21.0 Å². The maximum atomic E-state index is 14.2. The Kier molecular flexibility index (Phi) is 4.46. The molecular weight excluding hydrogens is 363 g/mol. The molecule has 0 aromatic heterocycles. The van der Waals surface area contributed by atoms with Crippen molar-refractivity contribution in [2.24, 2.45) is 0 Å². The number of amides is 2. The minimum Gasteiger partial charge on any atom is -0.315 e. The van der Waals surface area contributed by atoms with Gasteiger partial charge in [-0.1, -0.05) is 42.8 Å². The quantitative estimate of drug-likeness (QED) is 0.808. The van der Waals surface area contributed by atoms with Crippen LogP contribution in [0.2, 0.25) is 0 Å². The van der Waals surface area contributed by atoms with Gasteiger partial charge in [0.05, 0.1) is 12.2 Å². The van der Waals surface area contributed by atoms with Gasteiger partial charge in [0.1, 0.15) is 5.82 Å². The minimum absolute atomic E-state index is 0.0338. The number of fused-ring (bicyclic) bond motifs is 2. The van der Waals surface area contributed by atoms with E-state index in [4.69, 9.17) is 0 Å². The van der Waals surface area contributed by atoms with Crippen LogP contribution in [0.5, 0.6) is 0 Å². The fourth-order valence-corrected chi connectivity index (χ4v) is 5.40. The summed E-state index contributed by atoms with van der Waals surface area (Å²) in [6.45, 7) is 4.48. The molecule has 1 saturated heterocycles. The summed E-state index contributed by atoms with van der Waals surface area (Å²) in [6.07, 6.45) is 0.351. The average Bonchev–Trinajstić information content (AvgIpc) is 3.20. The van der Waals surface area contributed by atoms with E-state index in [1.807, 2.05) is 32.0 Å². The molecule has 0 saturated carbocycles. The lowest BCUT2D eigenvalue weighted by molar-refractivity contribution is -0.139. The highest BCUT2D eigenvalue weighted by molar-refractivity contribution is 8.01. The van der Waals surface area contributed by atoms with Crippen molar-refractivity contribution in [3.8, 4) is 0 Å². The van der Waals surface area contributed by atoms with E-state index in [1.165, 1.54) is 17.8 Å². The van der Waals surface area contributed by atoms with Gasteiger partial charge in [0, 0.05) is 29.8 Å². The molecule has 0 radical (unpaired) electrons. The Balaban J connectivity index is 1.84. The molecule has 1 atom stereocenters. The fourth-order valence-electron chi connectivity index (χ4n) is 3.93. The lowest BCUT2D eigenvalue weighted by Crippen LogP contribution is -2.50. The van der Waals surface area contributed by atoms with Gasteiger partial charge in [-0.2, -0.15) is 0 Å². The Morgan fingerprint density at radius 1 is 1.26 bits per heavy atom. The first-order valence-electron chi connectivity index (χ1n) is 9.10. The number of aryl methyl sites for hydroxylation is 1. The number of hydrogen-bond donors (Lipinski definition) is 0. The molecule has 2 aromatic carbocycles. The minimum atomic E-state index is -1.03. The van der Waals surface area contributed by atoms with Crippen LogP contribution < -0.4 is 4.90 Å². The second-order valence-corrected chi connectivity index (χ2v) is 8.18. The molecule has 6 heteroatoms. The lowest BCUT2D eigenvalue weighted by Gasteiger charge is -2.33. The van der Waals surface area contributed by atoms with E-state index in [-0.39, 0.29) is 24.2 Å². The van der Waals surface area contributed by atoms with Crippen molar-refractivity contribution < 1.29 is 14.0 Å². The van der Waals surface area contributed by atoms with Crippen LogP contribution in [0.3, 0.4) is 0 Å². The van der Waals surface area contributed by atoms with Crippen LogP contribution >= 0.6 is 11.8 Å². The summed E-state index contributed by atoms with van der Waals surface area (Å²) < 4.78 is 14.2. The van der Waals surface area contributed by atoms with Crippen molar-refractivity contribution in [1.29, 1.82) is 0 Å². The van der Waals surface area contributed by atoms with E-state index < -0.39 is 4.87 Å². The molecule has 1 spiro atoms. The van der Waals surface area contributed by atoms with Crippen LogP contribution in [0.15, 0.2) is 42.5 Å². The number of thioether (sulfide) groups is 1. The molecule has 1 fully saturated rings. The number of nitrogens with zero attached hydrogens (tertiary/aromatic N) is 2. The summed E-state index contributed by atoms with van der Waals surface area (Å²) in [6, 6.07) is 12.3. The SMILES string of the molecule is CCC(=O)N1CCS[C@]12C(=O)N(Cc1ccccc1F)c1ccc(C)cc12. The van der Waals surface area contributed by atoms with E-state index in [0.717, 1.165) is 16.8 Å². The van der Waals surface area contributed by atoms with Crippen molar-refractivity contribution in [1.82, 2.24) is 4.90 Å². The first-order valence-corrected chi connectivity index (χ1v) is 10.1. The first kappa shape index (κ1) is 18.0. The van der Waals surface area contributed by atoms with Crippen LogP contribution in [0, 0.1) is 12.7 Å². The van der Waals surface area contributed by atoms with E-state index >= 15 is 0 Å². The van der Waals surface area contributed by atoms with Crippen molar-refractivity contribution in [2.75, 3.05) is 17.2 Å². The van der Waals surface area contributed by atoms with E-state index in [9.17, 15) is 14.0 Å². The molecule has 4 nitrogen and oxygen atoms in total. The Morgan fingerprint density at radius 2 is 2.04 bits per heavy atom. The Bertz CT molecular complexity index is 932. The van der Waals surface area contributed by atoms with Gasteiger partial charge in [-0.3, -0.25) is 9.59 Å². The maximum absolute atomic E-state index is 14.2. The van der Waals surface area contributed by atoms with Crippen LogP contribution in [0.25, 0.3) is 0 Å². The largest absolute Gasteiger partial charge is 0.315 e. The molecule has 27 heavy (non-hydrogen) atoms. The normalized spacial score (nSPS) is 21.2. The summed E-state index contributed by atoms with van der Waals surface area (Å²) in [5.74, 6) is 0.183. The lowest BCUT2D eigenvalue weighted by atomic mass is 10.0. The molecule has 2 amide bonds. The van der Waals surface area contributed by atoms with Crippen LogP contribution in [0.4, 0.5) is 10.1 Å². The second kappa shape index (κ2) is 6.68. The van der Waals surface area contributed by atoms with Gasteiger partial charge in [0.15, 0.2) is 4.87 Å². The summed E-state index contributed by atoms with van der Waals surface area (Å²) in [7, 11) is 0. The predicted octanol–water partition coefficient (Wildman–Crippen LogP) is 3.82. The summed E-state index contributed by atoms with van der Waals surface area (Å²) in [4.78, 5) is 28.6. The number of carbonyl (C=O) groups is 2. The number of anilines is 1. The molecule has 0 bridgehead atoms. The second-order valence-electron chi connectivity index (χ2n) is 6.89. The number of hydrogen-bond acceptors (Lipinski definition) is 3. The monoisotopic (exact) mass is 384 g/mol. The van der Waals surface area contributed by atoms with E-state index in [0.29, 0.717) is 24.3 Å². The highest BCUT2D eigenvalue weighted by atomic mass is 32.2. The topological polar surface area (TPSA) is 40.6 Å². The molecule has 2 aromatic rings. The summed E-state index contributed by atoms with van der Waals surface area (Å²) in [5, 5.41) is 0.